The third-order valence-corrected chi connectivity index (χ3v) is 3.62. The maximum Gasteiger partial charge on any atom is 0.409 e. The molecule has 3 atom stereocenters. The quantitative estimate of drug-likeness (QED) is 0.372. The molecular weight excluding hydrogens is 384 g/mol. The number of carboxylic acids is 1. The van der Waals surface area contributed by atoms with Gasteiger partial charge in [0, 0.05) is 6.07 Å². The standard InChI is InChI=1S/C19H28N2O8/c1-11(2)10-13(16(22)23)20-18(25)28-15(17(24)29-19(3,4)5)12-8-6-7-9-14(12)21(26)27/h6-9,11,13,15,21,26H,10H2,1-5H3,(H,20,25)(H,22,23)/t13-,15?/m0/s1. The SMILES string of the molecule is CC(C)C[C@H](NC(=O)OC(C(=O)OC(C)(C)C)c1ccccc1[NH+]([O-])O)C(=O)O. The number of ether oxygens (including phenoxy) is 2. The lowest BCUT2D eigenvalue weighted by Crippen LogP contribution is -2.99. The fraction of sp³-hybridized carbons (Fsp3) is 0.526. The van der Waals surface area contributed by atoms with E-state index in [1.807, 2.05) is 0 Å². The fourth-order valence-electron chi connectivity index (χ4n) is 2.49. The molecule has 0 aliphatic carbocycles. The molecule has 0 aromatic heterocycles. The van der Waals surface area contributed by atoms with Crippen molar-refractivity contribution in [2.24, 2.45) is 5.92 Å². The molecule has 4 N–H and O–H groups in total. The Hall–Kier alpha value is -2.69. The number of benzene rings is 1. The molecule has 0 spiro atoms. The van der Waals surface area contributed by atoms with Crippen LogP contribution in [0.1, 0.15) is 52.7 Å². The van der Waals surface area contributed by atoms with Crippen LogP contribution in [-0.2, 0) is 19.1 Å². The van der Waals surface area contributed by atoms with Crippen molar-refractivity contribution in [3.63, 3.8) is 0 Å². The van der Waals surface area contributed by atoms with Crippen molar-refractivity contribution in [3.8, 4) is 0 Å². The van der Waals surface area contributed by atoms with Crippen molar-refractivity contribution in [2.45, 2.75) is 58.8 Å². The Balaban J connectivity index is 3.17. The molecule has 1 amide bonds. The highest BCUT2D eigenvalue weighted by Crippen LogP contribution is 2.27. The molecule has 0 fully saturated rings. The van der Waals surface area contributed by atoms with Gasteiger partial charge in [0.25, 0.3) is 0 Å². The second-order valence-electron chi connectivity index (χ2n) is 7.88. The number of alkyl carbamates (subject to hydrolysis) is 1. The number of carboxylic acid groups (broad SMARTS) is 1. The predicted molar refractivity (Wildman–Crippen MR) is 101 cm³/mol. The zero-order chi connectivity index (χ0) is 22.4. The van der Waals surface area contributed by atoms with E-state index in [0.29, 0.717) is 0 Å². The molecule has 0 radical (unpaired) electrons. The lowest BCUT2D eigenvalue weighted by molar-refractivity contribution is -0.991. The van der Waals surface area contributed by atoms with Crippen LogP contribution in [0.15, 0.2) is 24.3 Å². The van der Waals surface area contributed by atoms with Crippen molar-refractivity contribution in [3.05, 3.63) is 35.0 Å². The molecule has 0 saturated carbocycles. The largest absolute Gasteiger partial charge is 0.595 e. The van der Waals surface area contributed by atoms with E-state index in [-0.39, 0.29) is 23.6 Å². The van der Waals surface area contributed by atoms with E-state index in [1.54, 1.807) is 34.6 Å². The molecule has 1 rings (SSSR count). The van der Waals surface area contributed by atoms with Crippen molar-refractivity contribution >= 4 is 23.7 Å². The van der Waals surface area contributed by atoms with E-state index >= 15 is 0 Å². The number of hydrogen-bond acceptors (Lipinski definition) is 7. The molecule has 0 saturated heterocycles. The third-order valence-electron chi connectivity index (χ3n) is 3.62. The van der Waals surface area contributed by atoms with Crippen molar-refractivity contribution in [1.29, 1.82) is 0 Å². The minimum absolute atomic E-state index is 0.0224. The summed E-state index contributed by atoms with van der Waals surface area (Å²) in [5.74, 6) is -2.25. The summed E-state index contributed by atoms with van der Waals surface area (Å²) >= 11 is 0. The summed E-state index contributed by atoms with van der Waals surface area (Å²) in [4.78, 5) is 36.3. The van der Waals surface area contributed by atoms with Crippen LogP contribution < -0.4 is 10.5 Å². The Morgan fingerprint density at radius 2 is 1.79 bits per heavy atom. The molecule has 1 aromatic carbocycles. The summed E-state index contributed by atoms with van der Waals surface area (Å²) in [7, 11) is 0. The number of para-hydroxylation sites is 1. The zero-order valence-corrected chi connectivity index (χ0v) is 17.1. The van der Waals surface area contributed by atoms with Gasteiger partial charge in [0.15, 0.2) is 5.69 Å². The lowest BCUT2D eigenvalue weighted by atomic mass is 10.0. The van der Waals surface area contributed by atoms with E-state index in [0.717, 1.165) is 0 Å². The maximum atomic E-state index is 12.6. The molecule has 0 bridgehead atoms. The first kappa shape index (κ1) is 24.3. The molecule has 0 aliphatic rings. The van der Waals surface area contributed by atoms with E-state index in [2.05, 4.69) is 5.32 Å². The van der Waals surface area contributed by atoms with Crippen LogP contribution in [0.3, 0.4) is 0 Å². The number of carbonyl (C=O) groups excluding carboxylic acids is 2. The minimum atomic E-state index is -1.69. The van der Waals surface area contributed by atoms with Gasteiger partial charge in [0.05, 0.1) is 5.56 Å². The van der Waals surface area contributed by atoms with E-state index in [4.69, 9.17) is 9.47 Å². The summed E-state index contributed by atoms with van der Waals surface area (Å²) < 4.78 is 10.4. The number of nitrogens with one attached hydrogen (secondary N) is 2. The number of esters is 1. The maximum absolute atomic E-state index is 12.6. The van der Waals surface area contributed by atoms with E-state index in [9.17, 15) is 29.9 Å². The van der Waals surface area contributed by atoms with Gasteiger partial charge < -0.3 is 25.1 Å². The monoisotopic (exact) mass is 412 g/mol. The Bertz CT molecular complexity index is 727. The molecule has 162 valence electrons. The summed E-state index contributed by atoms with van der Waals surface area (Å²) in [5, 5.41) is 31.1. The number of aliphatic carboxylic acids is 1. The first-order valence-electron chi connectivity index (χ1n) is 9.07. The van der Waals surface area contributed by atoms with Gasteiger partial charge in [-0.2, -0.15) is 5.23 Å². The lowest BCUT2D eigenvalue weighted by Gasteiger charge is -2.26. The average molecular weight is 412 g/mol. The molecule has 1 aromatic rings. The summed E-state index contributed by atoms with van der Waals surface area (Å²) in [5.41, 5.74) is -1.25. The van der Waals surface area contributed by atoms with Gasteiger partial charge in [-0.1, -0.05) is 26.0 Å². The van der Waals surface area contributed by atoms with Crippen LogP contribution in [-0.4, -0.2) is 40.0 Å². The van der Waals surface area contributed by atoms with Crippen molar-refractivity contribution < 1.29 is 39.4 Å². The highest BCUT2D eigenvalue weighted by Gasteiger charge is 2.34. The van der Waals surface area contributed by atoms with Crippen LogP contribution >= 0.6 is 0 Å². The summed E-state index contributed by atoms with van der Waals surface area (Å²) in [6.07, 6.45) is -2.71. The van der Waals surface area contributed by atoms with Gasteiger partial charge in [-0.25, -0.2) is 19.6 Å². The number of hydrogen-bond donors (Lipinski definition) is 4. The van der Waals surface area contributed by atoms with Gasteiger partial charge in [0.1, 0.15) is 11.6 Å². The molecular formula is C19H28N2O8. The van der Waals surface area contributed by atoms with Crippen LogP contribution in [0, 0.1) is 11.1 Å². The zero-order valence-electron chi connectivity index (χ0n) is 17.1. The van der Waals surface area contributed by atoms with Crippen LogP contribution in [0.2, 0.25) is 0 Å². The minimum Gasteiger partial charge on any atom is -0.595 e. The van der Waals surface area contributed by atoms with Crippen molar-refractivity contribution in [1.82, 2.24) is 5.32 Å². The first-order valence-corrected chi connectivity index (χ1v) is 9.07. The highest BCUT2D eigenvalue weighted by atomic mass is 16.8. The molecule has 10 heteroatoms. The van der Waals surface area contributed by atoms with Crippen LogP contribution in [0.25, 0.3) is 0 Å². The Morgan fingerprint density at radius 1 is 1.21 bits per heavy atom. The Kier molecular flexibility index (Phi) is 8.56. The molecule has 29 heavy (non-hydrogen) atoms. The van der Waals surface area contributed by atoms with Crippen LogP contribution in [0.4, 0.5) is 10.5 Å². The molecule has 10 nitrogen and oxygen atoms in total. The van der Waals surface area contributed by atoms with Gasteiger partial charge in [-0.05, 0) is 39.2 Å². The second kappa shape index (κ2) is 10.2. The number of quaternary nitrogens is 1. The topological polar surface area (TPSA) is 150 Å². The normalized spacial score (nSPS) is 14.6. The Labute approximate surface area is 168 Å². The summed E-state index contributed by atoms with van der Waals surface area (Å²) in [6, 6.07) is 4.31. The number of carbonyl (C=O) groups is 3. The van der Waals surface area contributed by atoms with Crippen LogP contribution in [0.5, 0.6) is 0 Å². The van der Waals surface area contributed by atoms with Gasteiger partial charge in [0.2, 0.25) is 6.10 Å². The fourth-order valence-corrected chi connectivity index (χ4v) is 2.49. The van der Waals surface area contributed by atoms with Gasteiger partial charge in [-0.15, -0.1) is 0 Å². The number of rotatable bonds is 8. The van der Waals surface area contributed by atoms with Gasteiger partial charge in [-0.3, -0.25) is 0 Å². The average Bonchev–Trinajstić information content (AvgIpc) is 2.57. The van der Waals surface area contributed by atoms with Gasteiger partial charge >= 0.3 is 18.0 Å². The summed E-state index contributed by atoms with van der Waals surface area (Å²) in [6.45, 7) is 8.39. The van der Waals surface area contributed by atoms with Crippen molar-refractivity contribution in [2.75, 3.05) is 0 Å². The predicted octanol–water partition coefficient (Wildman–Crippen LogP) is 1.70. The molecule has 0 heterocycles. The number of amides is 1. The molecule has 0 aliphatic heterocycles. The second-order valence-corrected chi connectivity index (χ2v) is 7.88. The molecule has 2 unspecified atom stereocenters. The van der Waals surface area contributed by atoms with E-state index in [1.165, 1.54) is 24.3 Å². The third kappa shape index (κ3) is 8.06. The first-order chi connectivity index (χ1) is 13.3. The van der Waals surface area contributed by atoms with E-state index < -0.39 is 41.0 Å². The smallest absolute Gasteiger partial charge is 0.409 e. The Morgan fingerprint density at radius 3 is 2.28 bits per heavy atom. The highest BCUT2D eigenvalue weighted by molar-refractivity contribution is 5.84.